The summed E-state index contributed by atoms with van der Waals surface area (Å²) in [6.07, 6.45) is 1.01. The van der Waals surface area contributed by atoms with Gasteiger partial charge >= 0.3 is 0 Å². The number of aromatic nitrogens is 1. The molecule has 1 aromatic heterocycles. The van der Waals surface area contributed by atoms with Crippen LogP contribution in [0, 0.1) is 13.8 Å². The zero-order valence-electron chi connectivity index (χ0n) is 13.9. The summed E-state index contributed by atoms with van der Waals surface area (Å²) in [6, 6.07) is 12.2. The number of carbonyl (C=O) groups excluding carboxylic acids is 1. The Morgan fingerprint density at radius 3 is 2.65 bits per heavy atom. The summed E-state index contributed by atoms with van der Waals surface area (Å²) >= 11 is 1.56. The van der Waals surface area contributed by atoms with Gasteiger partial charge in [0.15, 0.2) is 4.80 Å². The highest BCUT2D eigenvalue weighted by atomic mass is 32.1. The molecule has 4 heteroatoms. The fourth-order valence-electron chi connectivity index (χ4n) is 2.71. The van der Waals surface area contributed by atoms with Crippen LogP contribution in [0.25, 0.3) is 10.2 Å². The van der Waals surface area contributed by atoms with Crippen LogP contribution in [0.4, 0.5) is 0 Å². The van der Waals surface area contributed by atoms with E-state index in [0.717, 1.165) is 27.9 Å². The molecule has 0 spiro atoms. The van der Waals surface area contributed by atoms with Crippen LogP contribution in [0.15, 0.2) is 41.4 Å². The molecule has 0 aliphatic rings. The largest absolute Gasteiger partial charge is 0.319 e. The average Bonchev–Trinajstić information content (AvgIpc) is 2.82. The number of nitrogens with zero attached hydrogens (tertiary/aromatic N) is 2. The highest BCUT2D eigenvalue weighted by molar-refractivity contribution is 7.16. The van der Waals surface area contributed by atoms with E-state index in [0.29, 0.717) is 5.56 Å². The second-order valence-corrected chi connectivity index (χ2v) is 6.84. The van der Waals surface area contributed by atoms with Crippen molar-refractivity contribution < 1.29 is 4.79 Å². The lowest BCUT2D eigenvalue weighted by atomic mass is 10.1. The third-order valence-electron chi connectivity index (χ3n) is 4.09. The summed E-state index contributed by atoms with van der Waals surface area (Å²) in [5.74, 6) is -0.180. The third-order valence-corrected chi connectivity index (χ3v) is 5.19. The van der Waals surface area contributed by atoms with Gasteiger partial charge in [-0.1, -0.05) is 42.0 Å². The molecule has 2 aromatic carbocycles. The van der Waals surface area contributed by atoms with E-state index in [1.807, 2.05) is 43.7 Å². The molecule has 3 nitrogen and oxygen atoms in total. The van der Waals surface area contributed by atoms with Crippen molar-refractivity contribution in [1.29, 1.82) is 0 Å². The minimum Gasteiger partial charge on any atom is -0.319 e. The normalized spacial score (nSPS) is 12.1. The van der Waals surface area contributed by atoms with E-state index in [1.165, 1.54) is 10.3 Å². The lowest BCUT2D eigenvalue weighted by Crippen LogP contribution is -2.13. The maximum Gasteiger partial charge on any atom is 0.279 e. The van der Waals surface area contributed by atoms with Crippen LogP contribution in [0.3, 0.4) is 0 Å². The van der Waals surface area contributed by atoms with Crippen LogP contribution in [-0.4, -0.2) is 10.5 Å². The van der Waals surface area contributed by atoms with Crippen molar-refractivity contribution in [3.05, 3.63) is 63.5 Å². The molecule has 0 saturated heterocycles. The van der Waals surface area contributed by atoms with Crippen LogP contribution in [0.1, 0.15) is 34.0 Å². The quantitative estimate of drug-likeness (QED) is 0.697. The number of fused-ring (bicyclic) bond motifs is 1. The molecule has 0 unspecified atom stereocenters. The summed E-state index contributed by atoms with van der Waals surface area (Å²) < 4.78 is 3.15. The minimum atomic E-state index is -0.180. The fourth-order valence-corrected chi connectivity index (χ4v) is 3.79. The van der Waals surface area contributed by atoms with Gasteiger partial charge in [0.1, 0.15) is 0 Å². The van der Waals surface area contributed by atoms with Crippen molar-refractivity contribution >= 4 is 27.5 Å². The van der Waals surface area contributed by atoms with Gasteiger partial charge in [-0.15, -0.1) is 0 Å². The van der Waals surface area contributed by atoms with Crippen molar-refractivity contribution in [2.45, 2.75) is 27.2 Å². The molecule has 0 atom stereocenters. The topological polar surface area (TPSA) is 34.4 Å². The zero-order chi connectivity index (χ0) is 16.6. The predicted octanol–water partition coefficient (Wildman–Crippen LogP) is 4.16. The van der Waals surface area contributed by atoms with E-state index >= 15 is 0 Å². The van der Waals surface area contributed by atoms with Crippen molar-refractivity contribution in [2.75, 3.05) is 0 Å². The Hall–Kier alpha value is -2.20. The smallest absolute Gasteiger partial charge is 0.279 e. The van der Waals surface area contributed by atoms with Crippen LogP contribution in [-0.2, 0) is 13.5 Å². The maximum atomic E-state index is 12.5. The van der Waals surface area contributed by atoms with Gasteiger partial charge in [-0.2, -0.15) is 4.99 Å². The van der Waals surface area contributed by atoms with E-state index < -0.39 is 0 Å². The molecule has 1 heterocycles. The van der Waals surface area contributed by atoms with E-state index in [9.17, 15) is 4.79 Å². The van der Waals surface area contributed by atoms with E-state index in [1.54, 1.807) is 11.3 Å². The van der Waals surface area contributed by atoms with E-state index in [2.05, 4.69) is 30.1 Å². The van der Waals surface area contributed by atoms with Crippen LogP contribution in [0.5, 0.6) is 0 Å². The van der Waals surface area contributed by atoms with Crippen LogP contribution >= 0.6 is 11.3 Å². The summed E-state index contributed by atoms with van der Waals surface area (Å²) in [5.41, 5.74) is 5.20. The Balaban J connectivity index is 2.10. The van der Waals surface area contributed by atoms with Gasteiger partial charge in [0.25, 0.3) is 5.91 Å². The zero-order valence-corrected chi connectivity index (χ0v) is 14.7. The molecular formula is C19H20N2OS. The van der Waals surface area contributed by atoms with Gasteiger partial charge in [-0.05, 0) is 49.6 Å². The lowest BCUT2D eigenvalue weighted by Gasteiger charge is -2.02. The SMILES string of the molecule is CCc1ccc2c(c1)sc(=NC(=O)c1ccc(C)cc1C)n2C. The molecule has 0 N–H and O–H groups in total. The first-order chi connectivity index (χ1) is 11.0. The molecule has 0 saturated carbocycles. The lowest BCUT2D eigenvalue weighted by molar-refractivity contribution is 0.0997. The van der Waals surface area contributed by atoms with Gasteiger partial charge in [0.2, 0.25) is 0 Å². The monoisotopic (exact) mass is 324 g/mol. The Labute approximate surface area is 139 Å². The number of hydrogen-bond acceptors (Lipinski definition) is 2. The molecule has 0 radical (unpaired) electrons. The number of rotatable bonds is 2. The van der Waals surface area contributed by atoms with E-state index in [-0.39, 0.29) is 5.91 Å². The Bertz CT molecular complexity index is 963. The number of carbonyl (C=O) groups is 1. The molecule has 0 fully saturated rings. The number of aryl methyl sites for hydroxylation is 4. The fraction of sp³-hybridized carbons (Fsp3) is 0.263. The van der Waals surface area contributed by atoms with Crippen molar-refractivity contribution in [2.24, 2.45) is 12.0 Å². The molecule has 3 rings (SSSR count). The Kier molecular flexibility index (Phi) is 4.18. The first-order valence-corrected chi connectivity index (χ1v) is 8.56. The molecule has 0 aliphatic heterocycles. The summed E-state index contributed by atoms with van der Waals surface area (Å²) in [6.45, 7) is 6.12. The van der Waals surface area contributed by atoms with Gasteiger partial charge in [0, 0.05) is 12.6 Å². The first-order valence-electron chi connectivity index (χ1n) is 7.74. The molecule has 118 valence electrons. The molecule has 23 heavy (non-hydrogen) atoms. The van der Waals surface area contributed by atoms with Gasteiger partial charge in [-0.3, -0.25) is 4.79 Å². The number of benzene rings is 2. The maximum absolute atomic E-state index is 12.5. The third kappa shape index (κ3) is 2.99. The van der Waals surface area contributed by atoms with Crippen LogP contribution < -0.4 is 4.80 Å². The summed E-state index contributed by atoms with van der Waals surface area (Å²) in [5, 5.41) is 0. The second kappa shape index (κ2) is 6.13. The number of hydrogen-bond donors (Lipinski definition) is 0. The molecule has 1 amide bonds. The Morgan fingerprint density at radius 2 is 1.96 bits per heavy atom. The van der Waals surface area contributed by atoms with E-state index in [4.69, 9.17) is 0 Å². The molecule has 0 aliphatic carbocycles. The highest BCUT2D eigenvalue weighted by Crippen LogP contribution is 2.19. The Morgan fingerprint density at radius 1 is 1.17 bits per heavy atom. The summed E-state index contributed by atoms with van der Waals surface area (Å²) in [7, 11) is 1.96. The van der Waals surface area contributed by atoms with Crippen molar-refractivity contribution in [3.8, 4) is 0 Å². The summed E-state index contributed by atoms with van der Waals surface area (Å²) in [4.78, 5) is 17.6. The average molecular weight is 324 g/mol. The number of thiazole rings is 1. The van der Waals surface area contributed by atoms with Gasteiger partial charge in [-0.25, -0.2) is 0 Å². The molecular weight excluding hydrogens is 304 g/mol. The second-order valence-electron chi connectivity index (χ2n) is 5.83. The van der Waals surface area contributed by atoms with Crippen molar-refractivity contribution in [3.63, 3.8) is 0 Å². The van der Waals surface area contributed by atoms with Gasteiger partial charge in [0.05, 0.1) is 10.2 Å². The standard InChI is InChI=1S/C19H20N2OS/c1-5-14-7-9-16-17(11-14)23-19(21(16)4)20-18(22)15-8-6-12(2)10-13(15)3/h6-11H,5H2,1-4H3. The molecule has 0 bridgehead atoms. The predicted molar refractivity (Wildman–Crippen MR) is 96.0 cm³/mol. The first kappa shape index (κ1) is 15.7. The molecule has 3 aromatic rings. The van der Waals surface area contributed by atoms with Crippen LogP contribution in [0.2, 0.25) is 0 Å². The minimum absolute atomic E-state index is 0.180. The number of amides is 1. The van der Waals surface area contributed by atoms with Gasteiger partial charge < -0.3 is 4.57 Å². The van der Waals surface area contributed by atoms with Crippen molar-refractivity contribution in [1.82, 2.24) is 4.57 Å². The highest BCUT2D eigenvalue weighted by Gasteiger charge is 2.10.